The van der Waals surface area contributed by atoms with E-state index in [-0.39, 0.29) is 0 Å². The summed E-state index contributed by atoms with van der Waals surface area (Å²) in [6, 6.07) is 4.29. The molecule has 0 saturated carbocycles. The fraction of sp³-hybridized carbons (Fsp3) is 0.444. The lowest BCUT2D eigenvalue weighted by molar-refractivity contribution is 0.306. The highest BCUT2D eigenvalue weighted by molar-refractivity contribution is 5.15. The van der Waals surface area contributed by atoms with Crippen LogP contribution in [0.2, 0.25) is 0 Å². The van der Waals surface area contributed by atoms with Gasteiger partial charge < -0.3 is 10.6 Å². The highest BCUT2D eigenvalue weighted by atomic mass is 15.1. The number of nitrogens with two attached hydrogens (primary N) is 1. The minimum absolute atomic E-state index is 0.299. The Balaban J connectivity index is 2.80. The van der Waals surface area contributed by atoms with Crippen molar-refractivity contribution in [1.29, 1.82) is 0 Å². The van der Waals surface area contributed by atoms with Crippen molar-refractivity contribution in [3.05, 3.63) is 30.1 Å². The molecular weight excluding hydrogens is 150 g/mol. The highest BCUT2D eigenvalue weighted by Gasteiger charge is 2.10. The Morgan fingerprint density at radius 1 is 1.42 bits per heavy atom. The molecule has 0 bridgehead atoms. The first-order valence-corrected chi connectivity index (χ1v) is 4.02. The van der Waals surface area contributed by atoms with E-state index >= 15 is 0 Å². The van der Waals surface area contributed by atoms with E-state index in [1.165, 1.54) is 5.56 Å². The third-order valence-electron chi connectivity index (χ3n) is 1.94. The van der Waals surface area contributed by atoms with Crippen molar-refractivity contribution in [1.82, 2.24) is 9.88 Å². The van der Waals surface area contributed by atoms with Crippen molar-refractivity contribution in [2.75, 3.05) is 20.6 Å². The predicted molar refractivity (Wildman–Crippen MR) is 49.7 cm³/mol. The largest absolute Gasteiger partial charge is 0.329 e. The number of likely N-dealkylation sites (N-methyl/N-ethyl adjacent to an activating group) is 1. The Morgan fingerprint density at radius 3 is 2.42 bits per heavy atom. The number of rotatable bonds is 3. The summed E-state index contributed by atoms with van der Waals surface area (Å²) in [6.45, 7) is 0.636. The zero-order chi connectivity index (χ0) is 8.97. The topological polar surface area (TPSA) is 42.1 Å². The fourth-order valence-corrected chi connectivity index (χ4v) is 1.23. The van der Waals surface area contributed by atoms with Crippen molar-refractivity contribution < 1.29 is 0 Å². The van der Waals surface area contributed by atoms with Gasteiger partial charge in [0.25, 0.3) is 0 Å². The van der Waals surface area contributed by atoms with Gasteiger partial charge in [0.05, 0.1) is 0 Å². The molecule has 0 amide bonds. The molecule has 0 aromatic carbocycles. The Labute approximate surface area is 73.2 Å². The van der Waals surface area contributed by atoms with Crippen LogP contribution in [0.5, 0.6) is 0 Å². The molecule has 0 radical (unpaired) electrons. The Bertz CT molecular complexity index is 220. The summed E-state index contributed by atoms with van der Waals surface area (Å²) in [4.78, 5) is 6.07. The maximum atomic E-state index is 5.64. The smallest absolute Gasteiger partial charge is 0.0465 e. The van der Waals surface area contributed by atoms with Crippen LogP contribution in [0.25, 0.3) is 0 Å². The second kappa shape index (κ2) is 4.18. The molecule has 0 saturated heterocycles. The lowest BCUT2D eigenvalue weighted by atomic mass is 10.1. The molecule has 1 aromatic heterocycles. The van der Waals surface area contributed by atoms with Gasteiger partial charge in [0.15, 0.2) is 0 Å². The van der Waals surface area contributed by atoms with Crippen LogP contribution in [-0.4, -0.2) is 30.5 Å². The van der Waals surface area contributed by atoms with Crippen LogP contribution >= 0.6 is 0 Å². The van der Waals surface area contributed by atoms with Crippen LogP contribution in [0.4, 0.5) is 0 Å². The predicted octanol–water partition coefficient (Wildman–Crippen LogP) is 0.643. The molecule has 2 N–H and O–H groups in total. The van der Waals surface area contributed by atoms with E-state index in [1.807, 2.05) is 26.2 Å². The zero-order valence-electron chi connectivity index (χ0n) is 7.57. The molecular formula is C9H15N3. The van der Waals surface area contributed by atoms with Crippen molar-refractivity contribution in [2.24, 2.45) is 5.73 Å². The van der Waals surface area contributed by atoms with Crippen molar-refractivity contribution >= 4 is 0 Å². The lowest BCUT2D eigenvalue weighted by Gasteiger charge is -2.22. The van der Waals surface area contributed by atoms with Gasteiger partial charge in [-0.1, -0.05) is 0 Å². The maximum absolute atomic E-state index is 5.64. The number of hydrogen-bond donors (Lipinski definition) is 1. The van der Waals surface area contributed by atoms with E-state index in [9.17, 15) is 0 Å². The highest BCUT2D eigenvalue weighted by Crippen LogP contribution is 2.14. The third kappa shape index (κ3) is 2.03. The fourth-order valence-electron chi connectivity index (χ4n) is 1.23. The van der Waals surface area contributed by atoms with E-state index < -0.39 is 0 Å². The molecule has 3 nitrogen and oxygen atoms in total. The first kappa shape index (κ1) is 9.16. The molecule has 1 heterocycles. The summed E-state index contributed by atoms with van der Waals surface area (Å²) in [5, 5.41) is 0. The molecule has 66 valence electrons. The van der Waals surface area contributed by atoms with E-state index in [2.05, 4.69) is 9.88 Å². The van der Waals surface area contributed by atoms with Crippen LogP contribution in [0, 0.1) is 0 Å². The number of aromatic nitrogens is 1. The minimum Gasteiger partial charge on any atom is -0.329 e. The van der Waals surface area contributed by atoms with E-state index in [1.54, 1.807) is 12.4 Å². The van der Waals surface area contributed by atoms with Crippen molar-refractivity contribution in [3.8, 4) is 0 Å². The summed E-state index contributed by atoms with van der Waals surface area (Å²) in [5.74, 6) is 0. The van der Waals surface area contributed by atoms with Gasteiger partial charge in [0.2, 0.25) is 0 Å². The molecule has 0 aliphatic rings. The molecule has 0 unspecified atom stereocenters. The summed E-state index contributed by atoms with van der Waals surface area (Å²) in [7, 11) is 4.05. The van der Waals surface area contributed by atoms with Crippen LogP contribution in [0.1, 0.15) is 11.6 Å². The third-order valence-corrected chi connectivity index (χ3v) is 1.94. The molecule has 1 atom stereocenters. The molecule has 3 heteroatoms. The van der Waals surface area contributed by atoms with Crippen LogP contribution in [-0.2, 0) is 0 Å². The SMILES string of the molecule is CN(C)[C@H](CN)c1ccncc1. The number of hydrogen-bond acceptors (Lipinski definition) is 3. The average molecular weight is 165 g/mol. The van der Waals surface area contributed by atoms with Gasteiger partial charge in [0.1, 0.15) is 0 Å². The van der Waals surface area contributed by atoms with E-state index in [0.717, 1.165) is 0 Å². The van der Waals surface area contributed by atoms with Crippen molar-refractivity contribution in [3.63, 3.8) is 0 Å². The summed E-state index contributed by atoms with van der Waals surface area (Å²) in [6.07, 6.45) is 3.59. The lowest BCUT2D eigenvalue weighted by Crippen LogP contribution is -2.27. The second-order valence-corrected chi connectivity index (χ2v) is 3.00. The molecule has 0 aliphatic heterocycles. The Hall–Kier alpha value is -0.930. The summed E-state index contributed by atoms with van der Waals surface area (Å²) in [5.41, 5.74) is 6.86. The first-order chi connectivity index (χ1) is 5.75. The Kier molecular flexibility index (Phi) is 3.19. The number of nitrogens with zero attached hydrogens (tertiary/aromatic N) is 2. The van der Waals surface area contributed by atoms with Crippen LogP contribution in [0.15, 0.2) is 24.5 Å². The van der Waals surface area contributed by atoms with Gasteiger partial charge in [-0.05, 0) is 31.8 Å². The summed E-state index contributed by atoms with van der Waals surface area (Å²) >= 11 is 0. The standard InChI is InChI=1S/C9H15N3/c1-12(2)9(7-10)8-3-5-11-6-4-8/h3-6,9H,7,10H2,1-2H3/t9-/m1/s1. The molecule has 0 spiro atoms. The van der Waals surface area contributed by atoms with Crippen LogP contribution in [0.3, 0.4) is 0 Å². The monoisotopic (exact) mass is 165 g/mol. The molecule has 0 fully saturated rings. The van der Waals surface area contributed by atoms with Gasteiger partial charge in [0, 0.05) is 25.0 Å². The van der Waals surface area contributed by atoms with Crippen molar-refractivity contribution in [2.45, 2.75) is 6.04 Å². The maximum Gasteiger partial charge on any atom is 0.0465 e. The van der Waals surface area contributed by atoms with E-state index in [0.29, 0.717) is 12.6 Å². The second-order valence-electron chi connectivity index (χ2n) is 3.00. The minimum atomic E-state index is 0.299. The van der Waals surface area contributed by atoms with Gasteiger partial charge in [-0.3, -0.25) is 4.98 Å². The van der Waals surface area contributed by atoms with Gasteiger partial charge in [-0.2, -0.15) is 0 Å². The average Bonchev–Trinajstić information content (AvgIpc) is 2.07. The first-order valence-electron chi connectivity index (χ1n) is 4.02. The van der Waals surface area contributed by atoms with E-state index in [4.69, 9.17) is 5.73 Å². The van der Waals surface area contributed by atoms with Crippen LogP contribution < -0.4 is 5.73 Å². The van der Waals surface area contributed by atoms with Gasteiger partial charge in [-0.15, -0.1) is 0 Å². The molecule has 1 aromatic rings. The Morgan fingerprint density at radius 2 is 2.00 bits per heavy atom. The summed E-state index contributed by atoms with van der Waals surface area (Å²) < 4.78 is 0. The van der Waals surface area contributed by atoms with Gasteiger partial charge in [-0.25, -0.2) is 0 Å². The molecule has 1 rings (SSSR count). The van der Waals surface area contributed by atoms with Gasteiger partial charge >= 0.3 is 0 Å². The quantitative estimate of drug-likeness (QED) is 0.714. The zero-order valence-corrected chi connectivity index (χ0v) is 7.57. The normalized spacial score (nSPS) is 13.3. The molecule has 12 heavy (non-hydrogen) atoms. The number of pyridine rings is 1. The molecule has 0 aliphatic carbocycles.